The summed E-state index contributed by atoms with van der Waals surface area (Å²) < 4.78 is 33.1. The van der Waals surface area contributed by atoms with Gasteiger partial charge in [-0.2, -0.15) is 0 Å². The highest BCUT2D eigenvalue weighted by Crippen LogP contribution is 2.25. The summed E-state index contributed by atoms with van der Waals surface area (Å²) in [6.07, 6.45) is 1.13. The highest BCUT2D eigenvalue weighted by Gasteiger charge is 2.14. The molecule has 0 N–H and O–H groups in total. The molecule has 7 heteroatoms. The van der Waals surface area contributed by atoms with Gasteiger partial charge < -0.3 is 9.47 Å². The maximum absolute atomic E-state index is 11.7. The Hall–Kier alpha value is -2.41. The summed E-state index contributed by atoms with van der Waals surface area (Å²) in [6.45, 7) is 0. The number of carbonyl (C=O) groups excluding carboxylic acids is 1. The highest BCUT2D eigenvalue weighted by molar-refractivity contribution is 7.90. The zero-order valence-electron chi connectivity index (χ0n) is 12.4. The third kappa shape index (κ3) is 3.43. The summed E-state index contributed by atoms with van der Waals surface area (Å²) in [4.78, 5) is 16.0. The molecule has 6 nitrogen and oxygen atoms in total. The van der Waals surface area contributed by atoms with Gasteiger partial charge in [0.25, 0.3) is 0 Å². The van der Waals surface area contributed by atoms with Crippen LogP contribution in [-0.2, 0) is 14.6 Å². The Balaban J connectivity index is 2.59. The fourth-order valence-electron chi connectivity index (χ4n) is 1.87. The van der Waals surface area contributed by atoms with Crippen molar-refractivity contribution in [3.05, 3.63) is 42.1 Å². The van der Waals surface area contributed by atoms with Gasteiger partial charge in [-0.05, 0) is 12.1 Å². The first-order valence-electron chi connectivity index (χ1n) is 6.30. The van der Waals surface area contributed by atoms with Gasteiger partial charge in [-0.15, -0.1) is 0 Å². The first kappa shape index (κ1) is 16.0. The molecule has 0 saturated heterocycles. The minimum Gasteiger partial charge on any atom is -0.497 e. The van der Waals surface area contributed by atoms with Crippen LogP contribution in [0, 0.1) is 0 Å². The zero-order chi connectivity index (χ0) is 16.3. The van der Waals surface area contributed by atoms with Crippen LogP contribution in [0.4, 0.5) is 0 Å². The standard InChI is InChI=1S/C15H15NO5S/c1-20-11-8-13(16-14(9-11)15(17)21-2)10-5-4-6-12(7-10)22(3,18)19/h4-9H,1-3H3. The molecule has 2 aromatic rings. The molecular weight excluding hydrogens is 306 g/mol. The van der Waals surface area contributed by atoms with E-state index in [2.05, 4.69) is 9.72 Å². The van der Waals surface area contributed by atoms with Crippen molar-refractivity contribution in [2.24, 2.45) is 0 Å². The van der Waals surface area contributed by atoms with Crippen molar-refractivity contribution in [1.29, 1.82) is 0 Å². The van der Waals surface area contributed by atoms with Gasteiger partial charge in [0.15, 0.2) is 15.5 Å². The van der Waals surface area contributed by atoms with Gasteiger partial charge in [0, 0.05) is 24.0 Å². The molecule has 0 aliphatic heterocycles. The number of methoxy groups -OCH3 is 2. The van der Waals surface area contributed by atoms with Crippen LogP contribution in [0.1, 0.15) is 10.5 Å². The van der Waals surface area contributed by atoms with E-state index in [1.807, 2.05) is 0 Å². The van der Waals surface area contributed by atoms with E-state index in [0.29, 0.717) is 17.0 Å². The molecule has 0 saturated carbocycles. The average Bonchev–Trinajstić information content (AvgIpc) is 2.52. The molecule has 1 aromatic heterocycles. The van der Waals surface area contributed by atoms with Gasteiger partial charge in [-0.25, -0.2) is 18.2 Å². The molecule has 0 aliphatic carbocycles. The molecule has 0 spiro atoms. The number of nitrogens with zero attached hydrogens (tertiary/aromatic N) is 1. The van der Waals surface area contributed by atoms with Crippen molar-refractivity contribution in [2.45, 2.75) is 4.90 Å². The first-order valence-corrected chi connectivity index (χ1v) is 8.19. The van der Waals surface area contributed by atoms with Crippen molar-refractivity contribution < 1.29 is 22.7 Å². The molecule has 2 rings (SSSR count). The molecule has 0 fully saturated rings. The van der Waals surface area contributed by atoms with Gasteiger partial charge in [-0.3, -0.25) is 0 Å². The molecule has 0 radical (unpaired) electrons. The molecule has 1 aromatic carbocycles. The Morgan fingerprint density at radius 2 is 1.86 bits per heavy atom. The minimum absolute atomic E-state index is 0.0848. The van der Waals surface area contributed by atoms with Crippen LogP contribution in [0.25, 0.3) is 11.3 Å². The van der Waals surface area contributed by atoms with Crippen LogP contribution in [0.2, 0.25) is 0 Å². The number of sulfone groups is 1. The summed E-state index contributed by atoms with van der Waals surface area (Å²) in [6, 6.07) is 9.39. The highest BCUT2D eigenvalue weighted by atomic mass is 32.2. The number of hydrogen-bond acceptors (Lipinski definition) is 6. The Morgan fingerprint density at radius 3 is 2.45 bits per heavy atom. The lowest BCUT2D eigenvalue weighted by Gasteiger charge is -2.08. The summed E-state index contributed by atoms with van der Waals surface area (Å²) >= 11 is 0. The van der Waals surface area contributed by atoms with Crippen molar-refractivity contribution >= 4 is 15.8 Å². The van der Waals surface area contributed by atoms with E-state index in [1.165, 1.54) is 32.4 Å². The Kier molecular flexibility index (Phi) is 4.46. The molecule has 0 bridgehead atoms. The number of rotatable bonds is 4. The quantitative estimate of drug-likeness (QED) is 0.800. The lowest BCUT2D eigenvalue weighted by molar-refractivity contribution is 0.0593. The molecule has 1 heterocycles. The van der Waals surface area contributed by atoms with E-state index in [1.54, 1.807) is 18.2 Å². The summed E-state index contributed by atoms with van der Waals surface area (Å²) in [5, 5.41) is 0. The summed E-state index contributed by atoms with van der Waals surface area (Å²) in [5.41, 5.74) is 1.07. The second-order valence-corrected chi connectivity index (χ2v) is 6.58. The molecule has 0 amide bonds. The van der Waals surface area contributed by atoms with Gasteiger partial charge in [0.1, 0.15) is 5.75 Å². The molecule has 22 heavy (non-hydrogen) atoms. The van der Waals surface area contributed by atoms with Crippen molar-refractivity contribution in [2.75, 3.05) is 20.5 Å². The van der Waals surface area contributed by atoms with Crippen molar-refractivity contribution in [3.63, 3.8) is 0 Å². The monoisotopic (exact) mass is 321 g/mol. The largest absolute Gasteiger partial charge is 0.497 e. The number of pyridine rings is 1. The number of carbonyl (C=O) groups is 1. The van der Waals surface area contributed by atoms with Crippen LogP contribution in [0.15, 0.2) is 41.3 Å². The molecular formula is C15H15NO5S. The number of benzene rings is 1. The van der Waals surface area contributed by atoms with Gasteiger partial charge >= 0.3 is 5.97 Å². The Bertz CT molecular complexity index is 814. The van der Waals surface area contributed by atoms with E-state index < -0.39 is 15.8 Å². The fraction of sp³-hybridized carbons (Fsp3) is 0.200. The minimum atomic E-state index is -3.33. The molecule has 0 atom stereocenters. The molecule has 116 valence electrons. The lowest BCUT2D eigenvalue weighted by atomic mass is 10.1. The summed E-state index contributed by atoms with van der Waals surface area (Å²) in [5.74, 6) is -0.172. The zero-order valence-corrected chi connectivity index (χ0v) is 13.2. The Labute approximate surface area is 128 Å². The normalized spacial score (nSPS) is 11.0. The molecule has 0 aliphatic rings. The first-order chi connectivity index (χ1) is 10.3. The maximum Gasteiger partial charge on any atom is 0.356 e. The predicted octanol–water partition coefficient (Wildman–Crippen LogP) is 1.95. The number of aromatic nitrogens is 1. The number of hydrogen-bond donors (Lipinski definition) is 0. The Morgan fingerprint density at radius 1 is 1.14 bits per heavy atom. The molecule has 0 unspecified atom stereocenters. The van der Waals surface area contributed by atoms with E-state index in [0.717, 1.165) is 6.26 Å². The third-order valence-corrected chi connectivity index (χ3v) is 4.10. The van der Waals surface area contributed by atoms with Crippen LogP contribution < -0.4 is 4.74 Å². The summed E-state index contributed by atoms with van der Waals surface area (Å²) in [7, 11) is -0.608. The van der Waals surface area contributed by atoms with Crippen molar-refractivity contribution in [3.8, 4) is 17.0 Å². The second kappa shape index (κ2) is 6.15. The average molecular weight is 321 g/mol. The lowest BCUT2D eigenvalue weighted by Crippen LogP contribution is -2.06. The predicted molar refractivity (Wildman–Crippen MR) is 80.7 cm³/mol. The van der Waals surface area contributed by atoms with Crippen LogP contribution in [0.5, 0.6) is 5.75 Å². The number of ether oxygens (including phenoxy) is 2. The van der Waals surface area contributed by atoms with Gasteiger partial charge in [-0.1, -0.05) is 12.1 Å². The topological polar surface area (TPSA) is 82.6 Å². The van der Waals surface area contributed by atoms with E-state index in [-0.39, 0.29) is 10.6 Å². The van der Waals surface area contributed by atoms with E-state index >= 15 is 0 Å². The van der Waals surface area contributed by atoms with Crippen molar-refractivity contribution in [1.82, 2.24) is 4.98 Å². The van der Waals surface area contributed by atoms with Crippen LogP contribution >= 0.6 is 0 Å². The second-order valence-electron chi connectivity index (χ2n) is 4.57. The van der Waals surface area contributed by atoms with E-state index in [9.17, 15) is 13.2 Å². The smallest absolute Gasteiger partial charge is 0.356 e. The van der Waals surface area contributed by atoms with Crippen LogP contribution in [-0.4, -0.2) is 39.8 Å². The fourth-order valence-corrected chi connectivity index (χ4v) is 2.53. The van der Waals surface area contributed by atoms with Gasteiger partial charge in [0.05, 0.1) is 24.8 Å². The van der Waals surface area contributed by atoms with Crippen LogP contribution in [0.3, 0.4) is 0 Å². The van der Waals surface area contributed by atoms with E-state index in [4.69, 9.17) is 4.74 Å². The SMILES string of the molecule is COC(=O)c1cc(OC)cc(-c2cccc(S(C)(=O)=O)c2)n1. The maximum atomic E-state index is 11.7. The third-order valence-electron chi connectivity index (χ3n) is 2.99. The van der Waals surface area contributed by atoms with Gasteiger partial charge in [0.2, 0.25) is 0 Å². The number of esters is 1.